The maximum absolute atomic E-state index is 12.9. The van der Waals surface area contributed by atoms with Crippen molar-refractivity contribution in [2.75, 3.05) is 26.2 Å². The quantitative estimate of drug-likeness (QED) is 0.748. The second-order valence-corrected chi connectivity index (χ2v) is 8.51. The summed E-state index contributed by atoms with van der Waals surface area (Å²) in [5, 5.41) is 3.37. The smallest absolute Gasteiger partial charge is 0.322 e. The fourth-order valence-corrected chi connectivity index (χ4v) is 4.93. The molecule has 1 N–H and O–H groups in total. The number of hydrogen-bond donors (Lipinski definition) is 1. The first kappa shape index (κ1) is 18.5. The topological polar surface area (TPSA) is 35.6 Å². The Kier molecular flexibility index (Phi) is 5.53. The number of urea groups is 1. The van der Waals surface area contributed by atoms with Gasteiger partial charge in [0, 0.05) is 24.8 Å². The zero-order valence-electron chi connectivity index (χ0n) is 16.6. The van der Waals surface area contributed by atoms with Gasteiger partial charge in [0.25, 0.3) is 0 Å². The number of likely N-dealkylation sites (tertiary alicyclic amines) is 1. The minimum absolute atomic E-state index is 0.132. The second kappa shape index (κ2) is 8.05. The lowest BCUT2D eigenvalue weighted by Crippen LogP contribution is -2.45. The van der Waals surface area contributed by atoms with Gasteiger partial charge < -0.3 is 5.32 Å². The Morgan fingerprint density at radius 3 is 2.93 bits per heavy atom. The fourth-order valence-electron chi connectivity index (χ4n) is 4.93. The molecule has 27 heavy (non-hydrogen) atoms. The lowest BCUT2D eigenvalue weighted by molar-refractivity contribution is 0.175. The third-order valence-electron chi connectivity index (χ3n) is 6.79. The van der Waals surface area contributed by atoms with Crippen molar-refractivity contribution in [1.82, 2.24) is 15.1 Å². The number of carbonyl (C=O) groups is 1. The van der Waals surface area contributed by atoms with E-state index in [4.69, 9.17) is 0 Å². The van der Waals surface area contributed by atoms with Crippen molar-refractivity contribution in [3.05, 3.63) is 47.7 Å². The van der Waals surface area contributed by atoms with E-state index in [1.54, 1.807) is 0 Å². The predicted octanol–water partition coefficient (Wildman–Crippen LogP) is 4.38. The van der Waals surface area contributed by atoms with E-state index in [1.807, 2.05) is 11.8 Å². The summed E-state index contributed by atoms with van der Waals surface area (Å²) in [6, 6.07) is 0.511. The summed E-state index contributed by atoms with van der Waals surface area (Å²) in [7, 11) is 0. The van der Waals surface area contributed by atoms with Gasteiger partial charge in [-0.15, -0.1) is 0 Å². The van der Waals surface area contributed by atoms with Crippen molar-refractivity contribution in [3.63, 3.8) is 0 Å². The van der Waals surface area contributed by atoms with Crippen LogP contribution in [0.1, 0.15) is 51.9 Å². The molecule has 4 rings (SSSR count). The number of piperidine rings is 1. The van der Waals surface area contributed by atoms with Gasteiger partial charge in [-0.3, -0.25) is 9.80 Å². The molecule has 4 aliphatic rings. The summed E-state index contributed by atoms with van der Waals surface area (Å²) in [6.07, 6.45) is 21.0. The van der Waals surface area contributed by atoms with Crippen LogP contribution in [0.4, 0.5) is 4.79 Å². The fraction of sp³-hybridized carbons (Fsp3) is 0.609. The molecule has 2 amide bonds. The molecule has 2 aliphatic heterocycles. The number of nitrogens with one attached hydrogen (secondary N) is 1. The highest BCUT2D eigenvalue weighted by molar-refractivity contribution is 5.78. The molecule has 0 bridgehead atoms. The first-order valence-electron chi connectivity index (χ1n) is 10.7. The molecule has 1 saturated heterocycles. The lowest BCUT2D eigenvalue weighted by atomic mass is 9.92. The Morgan fingerprint density at radius 2 is 2.11 bits per heavy atom. The van der Waals surface area contributed by atoms with E-state index in [0.717, 1.165) is 58.3 Å². The Bertz CT molecular complexity index is 680. The van der Waals surface area contributed by atoms with Crippen LogP contribution in [0.15, 0.2) is 47.7 Å². The molecular weight excluding hydrogens is 334 g/mol. The third kappa shape index (κ3) is 4.06. The maximum Gasteiger partial charge on any atom is 0.322 e. The first-order chi connectivity index (χ1) is 13.2. The first-order valence-corrected chi connectivity index (χ1v) is 10.7. The summed E-state index contributed by atoms with van der Waals surface area (Å²) < 4.78 is 0. The van der Waals surface area contributed by atoms with Gasteiger partial charge in [0.1, 0.15) is 0 Å². The van der Waals surface area contributed by atoms with E-state index in [2.05, 4.69) is 46.7 Å². The van der Waals surface area contributed by atoms with Crippen LogP contribution in [0.2, 0.25) is 0 Å². The zero-order valence-corrected chi connectivity index (χ0v) is 16.6. The summed E-state index contributed by atoms with van der Waals surface area (Å²) in [6.45, 7) is 6.24. The molecule has 1 unspecified atom stereocenters. The summed E-state index contributed by atoms with van der Waals surface area (Å²) in [5.41, 5.74) is 3.03. The predicted molar refractivity (Wildman–Crippen MR) is 110 cm³/mol. The van der Waals surface area contributed by atoms with Crippen molar-refractivity contribution in [3.8, 4) is 0 Å². The minimum Gasteiger partial charge on any atom is -0.334 e. The third-order valence-corrected chi connectivity index (χ3v) is 6.79. The highest BCUT2D eigenvalue weighted by atomic mass is 16.2. The van der Waals surface area contributed by atoms with Crippen LogP contribution in [0.3, 0.4) is 0 Å². The molecule has 4 nitrogen and oxygen atoms in total. The number of allylic oxidation sites excluding steroid dienone is 6. The molecule has 2 aliphatic carbocycles. The lowest BCUT2D eigenvalue weighted by Gasteiger charge is -2.34. The van der Waals surface area contributed by atoms with Crippen LogP contribution in [-0.4, -0.2) is 48.1 Å². The van der Waals surface area contributed by atoms with Crippen LogP contribution >= 0.6 is 0 Å². The Balaban J connectivity index is 1.27. The minimum atomic E-state index is 0.132. The SMILES string of the molecule is C/C=C\C=C/CN1CCC2(CC1)CC2NC(=O)N1CCCC2=C1C=CCC2. The largest absolute Gasteiger partial charge is 0.334 e. The maximum atomic E-state index is 12.9. The normalized spacial score (nSPS) is 27.6. The Hall–Kier alpha value is -1.81. The highest BCUT2D eigenvalue weighted by Crippen LogP contribution is 2.54. The molecule has 4 heteroatoms. The zero-order chi connectivity index (χ0) is 18.7. The van der Waals surface area contributed by atoms with Gasteiger partial charge in [-0.25, -0.2) is 4.79 Å². The van der Waals surface area contributed by atoms with E-state index in [9.17, 15) is 4.79 Å². The van der Waals surface area contributed by atoms with Crippen molar-refractivity contribution in [1.29, 1.82) is 0 Å². The van der Waals surface area contributed by atoms with Gasteiger partial charge in [-0.05, 0) is 82.0 Å². The molecular formula is C23H33N3O. The Labute approximate surface area is 163 Å². The number of carbonyl (C=O) groups excluding carboxylic acids is 1. The van der Waals surface area contributed by atoms with Crippen LogP contribution in [-0.2, 0) is 0 Å². The molecule has 0 aromatic rings. The molecule has 2 heterocycles. The molecule has 0 aromatic carbocycles. The monoisotopic (exact) mass is 367 g/mol. The van der Waals surface area contributed by atoms with Gasteiger partial charge >= 0.3 is 6.03 Å². The summed E-state index contributed by atoms with van der Waals surface area (Å²) in [5.74, 6) is 0. The van der Waals surface area contributed by atoms with Crippen molar-refractivity contribution >= 4 is 6.03 Å². The summed E-state index contributed by atoms with van der Waals surface area (Å²) in [4.78, 5) is 17.4. The molecule has 1 atom stereocenters. The molecule has 1 spiro atoms. The molecule has 2 fully saturated rings. The van der Waals surface area contributed by atoms with Crippen molar-refractivity contribution in [2.24, 2.45) is 5.41 Å². The van der Waals surface area contributed by atoms with Crippen LogP contribution in [0.25, 0.3) is 0 Å². The van der Waals surface area contributed by atoms with Crippen molar-refractivity contribution < 1.29 is 4.79 Å². The standard InChI is InChI=1S/C23H33N3O/c1-2-3-4-7-14-25-16-12-23(13-17-25)18-21(23)24-22(27)26-15-8-10-19-9-5-6-11-20(19)26/h2-4,6-7,11,21H,5,8-10,12-18H2,1H3,(H,24,27)/b3-2-,7-4-. The van der Waals surface area contributed by atoms with Crippen LogP contribution < -0.4 is 5.32 Å². The van der Waals surface area contributed by atoms with E-state index >= 15 is 0 Å². The second-order valence-electron chi connectivity index (χ2n) is 8.51. The number of hydrogen-bond acceptors (Lipinski definition) is 2. The van der Waals surface area contributed by atoms with E-state index in [0.29, 0.717) is 11.5 Å². The Morgan fingerprint density at radius 1 is 1.26 bits per heavy atom. The van der Waals surface area contributed by atoms with Gasteiger partial charge in [0.15, 0.2) is 0 Å². The number of amides is 2. The average Bonchev–Trinajstić information content (AvgIpc) is 3.37. The van der Waals surface area contributed by atoms with E-state index in [1.165, 1.54) is 24.1 Å². The van der Waals surface area contributed by atoms with Gasteiger partial charge in [0.05, 0.1) is 0 Å². The molecule has 0 radical (unpaired) electrons. The van der Waals surface area contributed by atoms with Crippen LogP contribution in [0, 0.1) is 5.41 Å². The van der Waals surface area contributed by atoms with Crippen molar-refractivity contribution in [2.45, 2.75) is 57.9 Å². The van der Waals surface area contributed by atoms with Crippen LogP contribution in [0.5, 0.6) is 0 Å². The molecule has 0 aromatic heterocycles. The average molecular weight is 368 g/mol. The van der Waals surface area contributed by atoms with E-state index in [-0.39, 0.29) is 6.03 Å². The molecule has 146 valence electrons. The van der Waals surface area contributed by atoms with Gasteiger partial charge in [0.2, 0.25) is 0 Å². The van der Waals surface area contributed by atoms with E-state index < -0.39 is 0 Å². The highest BCUT2D eigenvalue weighted by Gasteiger charge is 2.55. The van der Waals surface area contributed by atoms with Gasteiger partial charge in [-0.1, -0.05) is 30.4 Å². The van der Waals surface area contributed by atoms with Gasteiger partial charge in [-0.2, -0.15) is 0 Å². The molecule has 1 saturated carbocycles. The number of rotatable bonds is 4. The summed E-state index contributed by atoms with van der Waals surface area (Å²) >= 11 is 0. The number of nitrogens with zero attached hydrogens (tertiary/aromatic N) is 2.